The number of rotatable bonds is 13. The van der Waals surface area contributed by atoms with E-state index in [1.807, 2.05) is 60.0 Å². The number of benzene rings is 1. The average Bonchev–Trinajstić information content (AvgIpc) is 3.44. The molecular formula is C30H38N4O5S. The molecule has 0 aliphatic heterocycles. The molecule has 0 bridgehead atoms. The van der Waals surface area contributed by atoms with Gasteiger partial charge in [0, 0.05) is 30.4 Å². The number of unbranched alkanes of at least 4 members (excludes halogenated alkanes) is 1. The van der Waals surface area contributed by atoms with E-state index < -0.39 is 23.8 Å². The summed E-state index contributed by atoms with van der Waals surface area (Å²) in [4.78, 5) is 45.4. The van der Waals surface area contributed by atoms with Crippen LogP contribution in [-0.4, -0.2) is 46.2 Å². The second-order valence-electron chi connectivity index (χ2n) is 10.3. The van der Waals surface area contributed by atoms with Crippen LogP contribution >= 0.6 is 11.3 Å². The summed E-state index contributed by atoms with van der Waals surface area (Å²) in [5, 5.41) is 7.49. The molecule has 3 rings (SSSR count). The van der Waals surface area contributed by atoms with Gasteiger partial charge in [0.25, 0.3) is 0 Å². The molecule has 0 saturated heterocycles. The molecular weight excluding hydrogens is 528 g/mol. The Morgan fingerprint density at radius 2 is 1.68 bits per heavy atom. The quantitative estimate of drug-likeness (QED) is 0.258. The number of nitrogens with zero attached hydrogens (tertiary/aromatic N) is 2. The van der Waals surface area contributed by atoms with Gasteiger partial charge in [-0.15, -0.1) is 11.3 Å². The minimum atomic E-state index is -0.790. The molecule has 0 fully saturated rings. The van der Waals surface area contributed by atoms with E-state index in [-0.39, 0.29) is 12.5 Å². The fraction of sp³-hybridized carbons (Fsp3) is 0.400. The number of aromatic nitrogens is 1. The summed E-state index contributed by atoms with van der Waals surface area (Å²) in [5.74, 6) is -0.202. The molecule has 214 valence electrons. The highest BCUT2D eigenvalue weighted by atomic mass is 32.1. The van der Waals surface area contributed by atoms with Crippen LogP contribution in [0.25, 0.3) is 0 Å². The molecule has 1 aromatic carbocycles. The van der Waals surface area contributed by atoms with Gasteiger partial charge in [0.1, 0.15) is 18.2 Å². The summed E-state index contributed by atoms with van der Waals surface area (Å²) < 4.78 is 10.7. The Balaban J connectivity index is 1.59. The van der Waals surface area contributed by atoms with Crippen molar-refractivity contribution in [1.29, 1.82) is 0 Å². The summed E-state index contributed by atoms with van der Waals surface area (Å²) in [6.45, 7) is 6.70. The first kappa shape index (κ1) is 30.6. The molecule has 3 aromatic rings. The van der Waals surface area contributed by atoms with Gasteiger partial charge in [-0.2, -0.15) is 0 Å². The van der Waals surface area contributed by atoms with Crippen molar-refractivity contribution in [2.24, 2.45) is 0 Å². The van der Waals surface area contributed by atoms with Crippen LogP contribution < -0.4 is 10.6 Å². The lowest BCUT2D eigenvalue weighted by Crippen LogP contribution is -2.49. The van der Waals surface area contributed by atoms with Gasteiger partial charge < -0.3 is 25.0 Å². The van der Waals surface area contributed by atoms with Crippen LogP contribution in [0.15, 0.2) is 72.4 Å². The van der Waals surface area contributed by atoms with Crippen LogP contribution in [0.1, 0.15) is 56.0 Å². The van der Waals surface area contributed by atoms with Gasteiger partial charge in [0.2, 0.25) is 5.91 Å². The van der Waals surface area contributed by atoms with E-state index in [1.165, 1.54) is 0 Å². The molecule has 0 spiro atoms. The van der Waals surface area contributed by atoms with E-state index >= 15 is 0 Å². The van der Waals surface area contributed by atoms with Crippen molar-refractivity contribution < 1.29 is 23.9 Å². The highest BCUT2D eigenvalue weighted by Gasteiger charge is 2.28. The lowest BCUT2D eigenvalue weighted by Gasteiger charge is -2.29. The summed E-state index contributed by atoms with van der Waals surface area (Å²) in [6.07, 6.45) is 3.82. The Morgan fingerprint density at radius 1 is 0.925 bits per heavy atom. The van der Waals surface area contributed by atoms with E-state index in [0.29, 0.717) is 38.9 Å². The smallest absolute Gasteiger partial charge is 0.408 e. The fourth-order valence-electron chi connectivity index (χ4n) is 3.88. The van der Waals surface area contributed by atoms with Crippen LogP contribution in [0.3, 0.4) is 0 Å². The maximum absolute atomic E-state index is 13.8. The van der Waals surface area contributed by atoms with E-state index in [0.717, 1.165) is 16.0 Å². The maximum atomic E-state index is 13.8. The monoisotopic (exact) mass is 566 g/mol. The number of thiophene rings is 1. The molecule has 0 saturated carbocycles. The molecule has 0 radical (unpaired) electrons. The van der Waals surface area contributed by atoms with Crippen LogP contribution in [0.2, 0.25) is 0 Å². The van der Waals surface area contributed by atoms with E-state index in [1.54, 1.807) is 49.4 Å². The number of hydrogen-bond acceptors (Lipinski definition) is 7. The Labute approximate surface area is 239 Å². The van der Waals surface area contributed by atoms with Gasteiger partial charge in [-0.1, -0.05) is 36.4 Å². The van der Waals surface area contributed by atoms with Gasteiger partial charge in [-0.3, -0.25) is 9.78 Å². The van der Waals surface area contributed by atoms with E-state index in [4.69, 9.17) is 9.47 Å². The first-order valence-electron chi connectivity index (χ1n) is 13.3. The molecule has 2 heterocycles. The third-order valence-electron chi connectivity index (χ3n) is 5.75. The maximum Gasteiger partial charge on any atom is 0.408 e. The van der Waals surface area contributed by atoms with Crippen molar-refractivity contribution in [2.45, 2.75) is 71.4 Å². The minimum Gasteiger partial charge on any atom is -0.445 e. The zero-order valence-corrected chi connectivity index (χ0v) is 24.1. The number of nitrogens with one attached hydrogen (secondary N) is 2. The van der Waals surface area contributed by atoms with Gasteiger partial charge in [0.15, 0.2) is 0 Å². The normalized spacial score (nSPS) is 11.8. The Bertz CT molecular complexity index is 1180. The molecule has 9 nitrogen and oxygen atoms in total. The Kier molecular flexibility index (Phi) is 12.0. The molecule has 2 aromatic heterocycles. The van der Waals surface area contributed by atoms with Crippen molar-refractivity contribution in [3.05, 3.63) is 88.4 Å². The van der Waals surface area contributed by atoms with Gasteiger partial charge in [0.05, 0.1) is 6.54 Å². The summed E-state index contributed by atoms with van der Waals surface area (Å²) in [5.41, 5.74) is 1.15. The number of hydrogen-bond donors (Lipinski definition) is 2. The van der Waals surface area contributed by atoms with Crippen LogP contribution in [-0.2, 0) is 34.0 Å². The van der Waals surface area contributed by atoms with Crippen LogP contribution in [0, 0.1) is 0 Å². The number of alkyl carbamates (subject to hydrolysis) is 2. The van der Waals surface area contributed by atoms with Gasteiger partial charge >= 0.3 is 12.2 Å². The third kappa shape index (κ3) is 11.4. The third-order valence-corrected chi connectivity index (χ3v) is 6.61. The first-order valence-corrected chi connectivity index (χ1v) is 14.2. The summed E-state index contributed by atoms with van der Waals surface area (Å²) in [6, 6.07) is 16.3. The van der Waals surface area contributed by atoms with Crippen molar-refractivity contribution >= 4 is 29.4 Å². The topological polar surface area (TPSA) is 110 Å². The minimum absolute atomic E-state index is 0.195. The number of ether oxygens (including phenoxy) is 2. The summed E-state index contributed by atoms with van der Waals surface area (Å²) in [7, 11) is 0. The molecule has 1 unspecified atom stereocenters. The lowest BCUT2D eigenvalue weighted by atomic mass is 10.1. The fourth-order valence-corrected chi connectivity index (χ4v) is 4.60. The van der Waals surface area contributed by atoms with E-state index in [9.17, 15) is 14.4 Å². The predicted octanol–water partition coefficient (Wildman–Crippen LogP) is 5.66. The molecule has 40 heavy (non-hydrogen) atoms. The van der Waals surface area contributed by atoms with Gasteiger partial charge in [-0.05, 0) is 74.7 Å². The molecule has 0 aliphatic rings. The highest BCUT2D eigenvalue weighted by molar-refractivity contribution is 7.09. The molecule has 2 N–H and O–H groups in total. The second-order valence-corrected chi connectivity index (χ2v) is 11.3. The first-order chi connectivity index (χ1) is 19.2. The summed E-state index contributed by atoms with van der Waals surface area (Å²) >= 11 is 1.57. The molecule has 10 heteroatoms. The number of amides is 3. The Hall–Kier alpha value is -3.92. The largest absolute Gasteiger partial charge is 0.445 e. The molecule has 3 amide bonds. The van der Waals surface area contributed by atoms with Crippen molar-refractivity contribution in [3.8, 4) is 0 Å². The number of carbonyl (C=O) groups excluding carboxylic acids is 3. The van der Waals surface area contributed by atoms with Crippen LogP contribution in [0.4, 0.5) is 9.59 Å². The molecule has 0 aliphatic carbocycles. The highest BCUT2D eigenvalue weighted by Crippen LogP contribution is 2.17. The second kappa shape index (κ2) is 15.6. The van der Waals surface area contributed by atoms with Crippen molar-refractivity contribution in [1.82, 2.24) is 20.5 Å². The van der Waals surface area contributed by atoms with Crippen molar-refractivity contribution in [3.63, 3.8) is 0 Å². The molecule has 1 atom stereocenters. The van der Waals surface area contributed by atoms with Crippen LogP contribution in [0.5, 0.6) is 0 Å². The standard InChI is InChI=1S/C30H38N4O5S/c1-30(2,3)39-29(37)33-26(13-7-8-16-32-28(36)38-22-24-10-5-4-6-11-24)27(35)34(21-25-12-9-19-40-25)20-23-14-17-31-18-15-23/h4-6,9-12,14-15,17-19,26H,7-8,13,16,20-22H2,1-3H3,(H,32,36)(H,33,37). The van der Waals surface area contributed by atoms with E-state index in [2.05, 4.69) is 15.6 Å². The number of carbonyl (C=O) groups is 3. The lowest BCUT2D eigenvalue weighted by molar-refractivity contribution is -0.135. The Morgan fingerprint density at radius 3 is 2.35 bits per heavy atom. The average molecular weight is 567 g/mol. The zero-order chi connectivity index (χ0) is 28.8. The SMILES string of the molecule is CC(C)(C)OC(=O)NC(CCCCNC(=O)OCc1ccccc1)C(=O)N(Cc1ccncc1)Cc1cccs1. The van der Waals surface area contributed by atoms with Gasteiger partial charge in [-0.25, -0.2) is 9.59 Å². The van der Waals surface area contributed by atoms with Crippen molar-refractivity contribution in [2.75, 3.05) is 6.54 Å². The number of pyridine rings is 1. The zero-order valence-electron chi connectivity index (χ0n) is 23.3. The predicted molar refractivity (Wildman–Crippen MR) is 154 cm³/mol.